The summed E-state index contributed by atoms with van der Waals surface area (Å²) < 4.78 is 0. The maximum absolute atomic E-state index is 11.9. The minimum absolute atomic E-state index is 0.0556. The van der Waals surface area contributed by atoms with E-state index in [9.17, 15) is 4.79 Å². The van der Waals surface area contributed by atoms with Crippen molar-refractivity contribution in [3.63, 3.8) is 0 Å². The lowest BCUT2D eigenvalue weighted by molar-refractivity contribution is -0.123. The van der Waals surface area contributed by atoms with Gasteiger partial charge in [-0.15, -0.1) is 0 Å². The van der Waals surface area contributed by atoms with Gasteiger partial charge in [0.25, 0.3) is 0 Å². The summed E-state index contributed by atoms with van der Waals surface area (Å²) in [7, 11) is 0. The van der Waals surface area contributed by atoms with Gasteiger partial charge < -0.3 is 5.32 Å². The predicted octanol–water partition coefficient (Wildman–Crippen LogP) is 4.17. The summed E-state index contributed by atoms with van der Waals surface area (Å²) in [6.07, 6.45) is 11.5. The zero-order valence-electron chi connectivity index (χ0n) is 11.1. The van der Waals surface area contributed by atoms with Gasteiger partial charge >= 0.3 is 0 Å². The van der Waals surface area contributed by atoms with Crippen molar-refractivity contribution in [1.29, 1.82) is 0 Å². The molecule has 0 unspecified atom stereocenters. The fraction of sp³-hybridized carbons (Fsp3) is 0.929. The molecule has 0 bridgehead atoms. The molecule has 1 saturated carbocycles. The highest BCUT2D eigenvalue weighted by Gasteiger charge is 2.31. The van der Waals surface area contributed by atoms with Crippen molar-refractivity contribution < 1.29 is 4.79 Å². The highest BCUT2D eigenvalue weighted by molar-refractivity contribution is 9.09. The van der Waals surface area contributed by atoms with Crippen molar-refractivity contribution in [3.05, 3.63) is 0 Å². The normalized spacial score (nSPS) is 18.9. The molecule has 0 aromatic heterocycles. The van der Waals surface area contributed by atoms with Gasteiger partial charge in [0, 0.05) is 17.3 Å². The number of carbonyl (C=O) groups is 1. The van der Waals surface area contributed by atoms with Gasteiger partial charge in [-0.2, -0.15) is 0 Å². The molecule has 0 aromatic carbocycles. The van der Waals surface area contributed by atoms with E-state index in [1.54, 1.807) is 0 Å². The van der Waals surface area contributed by atoms with Crippen LogP contribution in [0.5, 0.6) is 0 Å². The Morgan fingerprint density at radius 3 is 2.47 bits per heavy atom. The van der Waals surface area contributed by atoms with Crippen molar-refractivity contribution >= 4 is 21.8 Å². The van der Waals surface area contributed by atoms with Crippen LogP contribution in [-0.4, -0.2) is 16.8 Å². The third-order valence-electron chi connectivity index (χ3n) is 3.73. The zero-order valence-corrected chi connectivity index (χ0v) is 12.7. The van der Waals surface area contributed by atoms with E-state index in [1.165, 1.54) is 38.5 Å². The van der Waals surface area contributed by atoms with Crippen molar-refractivity contribution in [2.45, 2.75) is 76.7 Å². The number of rotatable bonds is 7. The summed E-state index contributed by atoms with van der Waals surface area (Å²) in [4.78, 5) is 11.9. The highest BCUT2D eigenvalue weighted by Crippen LogP contribution is 2.29. The number of amides is 1. The Bertz CT molecular complexity index is 224. The van der Waals surface area contributed by atoms with Crippen molar-refractivity contribution in [3.8, 4) is 0 Å². The molecule has 17 heavy (non-hydrogen) atoms. The first-order valence-electron chi connectivity index (χ1n) is 7.09. The Labute approximate surface area is 114 Å². The number of nitrogens with one attached hydrogen (secondary N) is 1. The molecule has 100 valence electrons. The predicted molar refractivity (Wildman–Crippen MR) is 76.5 cm³/mol. The monoisotopic (exact) mass is 303 g/mol. The van der Waals surface area contributed by atoms with Gasteiger partial charge in [-0.05, 0) is 19.3 Å². The Kier molecular flexibility index (Phi) is 7.17. The molecule has 0 heterocycles. The van der Waals surface area contributed by atoms with Crippen LogP contribution in [0.2, 0.25) is 0 Å². The Balaban J connectivity index is 2.27. The smallest absolute Gasteiger partial charge is 0.220 e. The van der Waals surface area contributed by atoms with Gasteiger partial charge in [-0.1, -0.05) is 61.4 Å². The largest absolute Gasteiger partial charge is 0.350 e. The summed E-state index contributed by atoms with van der Waals surface area (Å²) in [5.41, 5.74) is 0.0556. The highest BCUT2D eigenvalue weighted by atomic mass is 79.9. The number of unbranched alkanes of at least 4 members (excludes halogenated alkanes) is 3. The second-order valence-electron chi connectivity index (χ2n) is 5.33. The molecule has 1 amide bonds. The lowest BCUT2D eigenvalue weighted by Crippen LogP contribution is -2.51. The number of carbonyl (C=O) groups excluding carboxylic acids is 1. The Morgan fingerprint density at radius 2 is 1.88 bits per heavy atom. The second-order valence-corrected chi connectivity index (χ2v) is 5.89. The lowest BCUT2D eigenvalue weighted by atomic mass is 9.83. The molecule has 0 aliphatic heterocycles. The van der Waals surface area contributed by atoms with Crippen LogP contribution in [-0.2, 0) is 4.79 Å². The fourth-order valence-corrected chi connectivity index (χ4v) is 3.29. The SMILES string of the molecule is CCCCCCC(=O)NC1(CBr)CCCCC1. The second kappa shape index (κ2) is 8.12. The van der Waals surface area contributed by atoms with Gasteiger partial charge in [0.05, 0.1) is 0 Å². The van der Waals surface area contributed by atoms with Gasteiger partial charge in [0.1, 0.15) is 0 Å². The van der Waals surface area contributed by atoms with Gasteiger partial charge in [-0.3, -0.25) is 4.79 Å². The first-order valence-corrected chi connectivity index (χ1v) is 8.21. The third-order valence-corrected chi connectivity index (χ3v) is 4.80. The molecule has 1 rings (SSSR count). The average molecular weight is 304 g/mol. The standard InChI is InChI=1S/C14H26BrNO/c1-2-3-4-6-9-13(17)16-14(12-15)10-7-5-8-11-14/h2-12H2,1H3,(H,16,17). The van der Waals surface area contributed by atoms with E-state index in [0.29, 0.717) is 6.42 Å². The molecule has 2 nitrogen and oxygen atoms in total. The van der Waals surface area contributed by atoms with Crippen molar-refractivity contribution in [2.24, 2.45) is 0 Å². The molecule has 1 aliphatic rings. The summed E-state index contributed by atoms with van der Waals surface area (Å²) in [6.45, 7) is 2.20. The zero-order chi connectivity index (χ0) is 12.6. The molecule has 0 saturated heterocycles. The van der Waals surface area contributed by atoms with Crippen LogP contribution in [0, 0.1) is 0 Å². The van der Waals surface area contributed by atoms with E-state index in [4.69, 9.17) is 0 Å². The topological polar surface area (TPSA) is 29.1 Å². The number of alkyl halides is 1. The molecule has 0 radical (unpaired) electrons. The molecule has 0 spiro atoms. The van der Waals surface area contributed by atoms with Crippen LogP contribution in [0.1, 0.15) is 71.1 Å². The van der Waals surface area contributed by atoms with Gasteiger partial charge in [-0.25, -0.2) is 0 Å². The quantitative estimate of drug-likeness (QED) is 0.555. The summed E-state index contributed by atoms with van der Waals surface area (Å²) in [6, 6.07) is 0. The number of hydrogen-bond acceptors (Lipinski definition) is 1. The molecule has 1 aliphatic carbocycles. The van der Waals surface area contributed by atoms with E-state index >= 15 is 0 Å². The van der Waals surface area contributed by atoms with Crippen LogP contribution in [0.3, 0.4) is 0 Å². The summed E-state index contributed by atoms with van der Waals surface area (Å²) >= 11 is 3.57. The summed E-state index contributed by atoms with van der Waals surface area (Å²) in [5.74, 6) is 0.252. The van der Waals surface area contributed by atoms with Crippen LogP contribution in [0.25, 0.3) is 0 Å². The van der Waals surface area contributed by atoms with Crippen molar-refractivity contribution in [1.82, 2.24) is 5.32 Å². The first kappa shape index (κ1) is 15.0. The van der Waals surface area contributed by atoms with E-state index in [-0.39, 0.29) is 11.4 Å². The third kappa shape index (κ3) is 5.41. The van der Waals surface area contributed by atoms with Crippen LogP contribution >= 0.6 is 15.9 Å². The van der Waals surface area contributed by atoms with Crippen LogP contribution < -0.4 is 5.32 Å². The maximum Gasteiger partial charge on any atom is 0.220 e. The van der Waals surface area contributed by atoms with E-state index in [2.05, 4.69) is 28.2 Å². The van der Waals surface area contributed by atoms with Crippen LogP contribution in [0.15, 0.2) is 0 Å². The molecule has 1 fully saturated rings. The van der Waals surface area contributed by atoms with Gasteiger partial charge in [0.15, 0.2) is 0 Å². The Hall–Kier alpha value is -0.0500. The van der Waals surface area contributed by atoms with Crippen molar-refractivity contribution in [2.75, 3.05) is 5.33 Å². The van der Waals surface area contributed by atoms with Gasteiger partial charge in [0.2, 0.25) is 5.91 Å². The molecule has 0 aromatic rings. The minimum atomic E-state index is 0.0556. The summed E-state index contributed by atoms with van der Waals surface area (Å²) in [5, 5.41) is 4.18. The lowest BCUT2D eigenvalue weighted by Gasteiger charge is -2.36. The molecule has 0 atom stereocenters. The minimum Gasteiger partial charge on any atom is -0.350 e. The molecular weight excluding hydrogens is 278 g/mol. The average Bonchev–Trinajstić information content (AvgIpc) is 2.36. The Morgan fingerprint density at radius 1 is 1.18 bits per heavy atom. The number of halogens is 1. The maximum atomic E-state index is 11.9. The van der Waals surface area contributed by atoms with E-state index < -0.39 is 0 Å². The van der Waals surface area contributed by atoms with Crippen LogP contribution in [0.4, 0.5) is 0 Å². The molecular formula is C14H26BrNO. The molecule has 1 N–H and O–H groups in total. The van der Waals surface area contributed by atoms with E-state index in [0.717, 1.165) is 24.6 Å². The number of hydrogen-bond donors (Lipinski definition) is 1. The first-order chi connectivity index (χ1) is 8.22. The molecule has 3 heteroatoms. The fourth-order valence-electron chi connectivity index (χ4n) is 2.59. The van der Waals surface area contributed by atoms with E-state index in [1.807, 2.05) is 0 Å².